The molecule has 2 rings (SSSR count). The molecule has 0 fully saturated rings. The van der Waals surface area contributed by atoms with Crippen LogP contribution in [0.2, 0.25) is 0 Å². The summed E-state index contributed by atoms with van der Waals surface area (Å²) < 4.78 is 1.11. The summed E-state index contributed by atoms with van der Waals surface area (Å²) >= 11 is 5.19. The molecule has 2 nitrogen and oxygen atoms in total. The Balaban J connectivity index is 1.70. The van der Waals surface area contributed by atoms with Gasteiger partial charge in [0.2, 0.25) is 0 Å². The van der Waals surface area contributed by atoms with Crippen LogP contribution in [0.1, 0.15) is 5.56 Å². The monoisotopic (exact) mass is 324 g/mol. The SMILES string of the molecule is CN(CCNc1ccc(Br)cc1)Cc1ccsc1. The van der Waals surface area contributed by atoms with E-state index in [4.69, 9.17) is 0 Å². The van der Waals surface area contributed by atoms with Crippen molar-refractivity contribution in [3.8, 4) is 0 Å². The van der Waals surface area contributed by atoms with E-state index in [9.17, 15) is 0 Å². The minimum atomic E-state index is 0.961. The van der Waals surface area contributed by atoms with E-state index in [-0.39, 0.29) is 0 Å². The molecule has 4 heteroatoms. The van der Waals surface area contributed by atoms with Gasteiger partial charge in [0.15, 0.2) is 0 Å². The van der Waals surface area contributed by atoms with Crippen LogP contribution in [0.15, 0.2) is 45.6 Å². The maximum Gasteiger partial charge on any atom is 0.0341 e. The average Bonchev–Trinajstić information content (AvgIpc) is 2.84. The van der Waals surface area contributed by atoms with E-state index in [1.165, 1.54) is 11.3 Å². The third-order valence-electron chi connectivity index (χ3n) is 2.70. The molecule has 96 valence electrons. The number of benzene rings is 1. The van der Waals surface area contributed by atoms with Crippen LogP contribution in [0.25, 0.3) is 0 Å². The predicted molar refractivity (Wildman–Crippen MR) is 83.3 cm³/mol. The molecule has 0 saturated heterocycles. The van der Waals surface area contributed by atoms with Gasteiger partial charge in [-0.1, -0.05) is 15.9 Å². The Kier molecular flexibility index (Phi) is 5.23. The van der Waals surface area contributed by atoms with E-state index in [1.54, 1.807) is 11.3 Å². The van der Waals surface area contributed by atoms with Crippen LogP contribution in [0, 0.1) is 0 Å². The third kappa shape index (κ3) is 4.44. The zero-order valence-electron chi connectivity index (χ0n) is 10.4. The average molecular weight is 325 g/mol. The van der Waals surface area contributed by atoms with E-state index in [1.807, 2.05) is 0 Å². The van der Waals surface area contributed by atoms with Gasteiger partial charge >= 0.3 is 0 Å². The number of anilines is 1. The molecule has 0 spiro atoms. The third-order valence-corrected chi connectivity index (χ3v) is 3.96. The zero-order chi connectivity index (χ0) is 12.8. The van der Waals surface area contributed by atoms with Crippen LogP contribution >= 0.6 is 27.3 Å². The first-order chi connectivity index (χ1) is 8.74. The summed E-state index contributed by atoms with van der Waals surface area (Å²) in [6, 6.07) is 10.5. The smallest absolute Gasteiger partial charge is 0.0341 e. The second-order valence-electron chi connectivity index (χ2n) is 4.30. The molecule has 0 unspecified atom stereocenters. The van der Waals surface area contributed by atoms with Crippen LogP contribution in [0.4, 0.5) is 5.69 Å². The van der Waals surface area contributed by atoms with Gasteiger partial charge in [0.25, 0.3) is 0 Å². The maximum atomic E-state index is 3.44. The summed E-state index contributed by atoms with van der Waals surface area (Å²) in [5.41, 5.74) is 2.56. The van der Waals surface area contributed by atoms with Gasteiger partial charge < -0.3 is 10.2 Å². The number of thiophene rings is 1. The molecular formula is C14H17BrN2S. The number of hydrogen-bond donors (Lipinski definition) is 1. The quantitative estimate of drug-likeness (QED) is 0.862. The van der Waals surface area contributed by atoms with Crippen molar-refractivity contribution in [1.82, 2.24) is 4.90 Å². The van der Waals surface area contributed by atoms with Gasteiger partial charge in [0.05, 0.1) is 0 Å². The fourth-order valence-electron chi connectivity index (χ4n) is 1.73. The molecule has 0 aliphatic heterocycles. The molecule has 1 N–H and O–H groups in total. The lowest BCUT2D eigenvalue weighted by Crippen LogP contribution is -2.24. The molecule has 0 aliphatic carbocycles. The molecule has 18 heavy (non-hydrogen) atoms. The zero-order valence-corrected chi connectivity index (χ0v) is 12.8. The van der Waals surface area contributed by atoms with Crippen molar-refractivity contribution in [1.29, 1.82) is 0 Å². The number of likely N-dealkylation sites (N-methyl/N-ethyl adjacent to an activating group) is 1. The van der Waals surface area contributed by atoms with Crippen LogP contribution < -0.4 is 5.32 Å². The molecule has 0 atom stereocenters. The van der Waals surface area contributed by atoms with Gasteiger partial charge in [-0.05, 0) is 53.7 Å². The normalized spacial score (nSPS) is 10.8. The lowest BCUT2D eigenvalue weighted by Gasteiger charge is -2.16. The Bertz CT molecular complexity index is 453. The van der Waals surface area contributed by atoms with Crippen LogP contribution in [-0.2, 0) is 6.54 Å². The van der Waals surface area contributed by atoms with Gasteiger partial charge in [-0.15, -0.1) is 0 Å². The van der Waals surface area contributed by atoms with Crippen LogP contribution in [0.3, 0.4) is 0 Å². The van der Waals surface area contributed by atoms with E-state index in [0.29, 0.717) is 0 Å². The fraction of sp³-hybridized carbons (Fsp3) is 0.286. The van der Waals surface area contributed by atoms with Gasteiger partial charge in [0, 0.05) is 29.8 Å². The Hall–Kier alpha value is -0.840. The number of halogens is 1. The number of hydrogen-bond acceptors (Lipinski definition) is 3. The highest BCUT2D eigenvalue weighted by Crippen LogP contribution is 2.14. The highest BCUT2D eigenvalue weighted by molar-refractivity contribution is 9.10. The van der Waals surface area contributed by atoms with Crippen molar-refractivity contribution in [2.75, 3.05) is 25.5 Å². The Morgan fingerprint density at radius 2 is 2.00 bits per heavy atom. The Labute approximate surface area is 121 Å². The molecule has 0 bridgehead atoms. The molecule has 1 heterocycles. The summed E-state index contributed by atoms with van der Waals surface area (Å²) in [5, 5.41) is 7.76. The van der Waals surface area contributed by atoms with Crippen molar-refractivity contribution in [3.63, 3.8) is 0 Å². The van der Waals surface area contributed by atoms with E-state index in [2.05, 4.69) is 74.3 Å². The molecule has 0 amide bonds. The van der Waals surface area contributed by atoms with Crippen LogP contribution in [0.5, 0.6) is 0 Å². The van der Waals surface area contributed by atoms with E-state index >= 15 is 0 Å². The van der Waals surface area contributed by atoms with Gasteiger partial charge in [-0.2, -0.15) is 11.3 Å². The molecule has 1 aromatic heterocycles. The number of rotatable bonds is 6. The van der Waals surface area contributed by atoms with Crippen molar-refractivity contribution in [2.24, 2.45) is 0 Å². The number of nitrogens with zero attached hydrogens (tertiary/aromatic N) is 1. The standard InChI is InChI=1S/C14H17BrN2S/c1-17(10-12-6-9-18-11-12)8-7-16-14-4-2-13(15)3-5-14/h2-6,9,11,16H,7-8,10H2,1H3. The van der Waals surface area contributed by atoms with Gasteiger partial charge in [0.1, 0.15) is 0 Å². The van der Waals surface area contributed by atoms with Gasteiger partial charge in [-0.25, -0.2) is 0 Å². The van der Waals surface area contributed by atoms with E-state index in [0.717, 1.165) is 24.1 Å². The summed E-state index contributed by atoms with van der Waals surface area (Å²) in [5.74, 6) is 0. The Morgan fingerprint density at radius 3 is 2.67 bits per heavy atom. The van der Waals surface area contributed by atoms with Gasteiger partial charge in [-0.3, -0.25) is 0 Å². The predicted octanol–water partition coefficient (Wildman–Crippen LogP) is 4.05. The first-order valence-electron chi connectivity index (χ1n) is 5.93. The topological polar surface area (TPSA) is 15.3 Å². The van der Waals surface area contributed by atoms with Crippen LogP contribution in [-0.4, -0.2) is 25.0 Å². The lowest BCUT2D eigenvalue weighted by atomic mass is 10.3. The molecule has 0 aliphatic rings. The fourth-order valence-corrected chi connectivity index (χ4v) is 2.66. The van der Waals surface area contributed by atoms with E-state index < -0.39 is 0 Å². The van der Waals surface area contributed by atoms with Crippen molar-refractivity contribution < 1.29 is 0 Å². The minimum Gasteiger partial charge on any atom is -0.384 e. The molecule has 0 radical (unpaired) electrons. The summed E-state index contributed by atoms with van der Waals surface area (Å²) in [4.78, 5) is 2.33. The van der Waals surface area contributed by atoms with Crippen molar-refractivity contribution in [2.45, 2.75) is 6.54 Å². The molecule has 2 aromatic rings. The number of nitrogens with one attached hydrogen (secondary N) is 1. The van der Waals surface area contributed by atoms with Crippen molar-refractivity contribution in [3.05, 3.63) is 51.1 Å². The molecule has 0 saturated carbocycles. The molecular weight excluding hydrogens is 308 g/mol. The first-order valence-corrected chi connectivity index (χ1v) is 7.67. The minimum absolute atomic E-state index is 0.961. The largest absolute Gasteiger partial charge is 0.384 e. The Morgan fingerprint density at radius 1 is 1.22 bits per heavy atom. The second-order valence-corrected chi connectivity index (χ2v) is 6.00. The molecule has 1 aromatic carbocycles. The highest BCUT2D eigenvalue weighted by atomic mass is 79.9. The lowest BCUT2D eigenvalue weighted by molar-refractivity contribution is 0.340. The maximum absolute atomic E-state index is 3.44. The van der Waals surface area contributed by atoms with Crippen molar-refractivity contribution >= 4 is 33.0 Å². The summed E-state index contributed by atoms with van der Waals surface area (Å²) in [6.45, 7) is 3.01. The summed E-state index contributed by atoms with van der Waals surface area (Å²) in [6.07, 6.45) is 0. The highest BCUT2D eigenvalue weighted by Gasteiger charge is 2.00. The summed E-state index contributed by atoms with van der Waals surface area (Å²) in [7, 11) is 2.15. The first kappa shape index (κ1) is 13.6. The second kappa shape index (κ2) is 6.92.